The molecule has 1 atom stereocenters. The lowest BCUT2D eigenvalue weighted by molar-refractivity contribution is -0.385. The minimum atomic E-state index is -3.86. The predicted octanol–water partition coefficient (Wildman–Crippen LogP) is 3.89. The number of hydrogen-bond acceptors (Lipinski definition) is 4. The monoisotopic (exact) mass is 374 g/mol. The maximum atomic E-state index is 13.4. The summed E-state index contributed by atoms with van der Waals surface area (Å²) < 4.78 is 28.3. The van der Waals surface area contributed by atoms with Crippen molar-refractivity contribution in [3.05, 3.63) is 69.8 Å². The van der Waals surface area contributed by atoms with Crippen LogP contribution in [0.25, 0.3) is 0 Å². The van der Waals surface area contributed by atoms with Crippen LogP contribution in [0, 0.1) is 23.0 Å². The van der Waals surface area contributed by atoms with Gasteiger partial charge in [-0.25, -0.2) is 8.42 Å². The van der Waals surface area contributed by atoms with Gasteiger partial charge in [0.25, 0.3) is 5.69 Å². The minimum absolute atomic E-state index is 0.00938. The summed E-state index contributed by atoms with van der Waals surface area (Å²) in [6.45, 7) is 3.84. The van der Waals surface area contributed by atoms with Gasteiger partial charge in [0, 0.05) is 24.7 Å². The van der Waals surface area contributed by atoms with Crippen molar-refractivity contribution in [2.45, 2.75) is 44.2 Å². The summed E-state index contributed by atoms with van der Waals surface area (Å²) in [5.41, 5.74) is 1.19. The van der Waals surface area contributed by atoms with E-state index < -0.39 is 14.9 Å². The quantitative estimate of drug-likeness (QED) is 0.544. The third kappa shape index (κ3) is 3.78. The lowest BCUT2D eigenvalue weighted by atomic mass is 10.2. The zero-order valence-electron chi connectivity index (χ0n) is 14.8. The van der Waals surface area contributed by atoms with Crippen molar-refractivity contribution in [1.29, 1.82) is 0 Å². The Balaban J connectivity index is 2.04. The van der Waals surface area contributed by atoms with Gasteiger partial charge in [-0.05, 0) is 43.7 Å². The van der Waals surface area contributed by atoms with Crippen molar-refractivity contribution >= 4 is 15.7 Å². The van der Waals surface area contributed by atoms with Crippen LogP contribution in [0.5, 0.6) is 0 Å². The van der Waals surface area contributed by atoms with E-state index in [2.05, 4.69) is 0 Å². The second-order valence-electron chi connectivity index (χ2n) is 6.82. The first-order valence-corrected chi connectivity index (χ1v) is 10.1. The van der Waals surface area contributed by atoms with Crippen molar-refractivity contribution < 1.29 is 13.3 Å². The van der Waals surface area contributed by atoms with Crippen molar-refractivity contribution in [2.24, 2.45) is 5.92 Å². The van der Waals surface area contributed by atoms with Crippen LogP contribution in [-0.2, 0) is 16.6 Å². The molecule has 0 aromatic heterocycles. The van der Waals surface area contributed by atoms with Gasteiger partial charge in [-0.1, -0.05) is 36.4 Å². The summed E-state index contributed by atoms with van der Waals surface area (Å²) >= 11 is 0. The molecule has 2 aromatic rings. The van der Waals surface area contributed by atoms with Crippen molar-refractivity contribution in [1.82, 2.24) is 4.31 Å². The zero-order chi connectivity index (χ0) is 18.9. The van der Waals surface area contributed by atoms with Crippen LogP contribution in [0.2, 0.25) is 0 Å². The molecule has 3 rings (SSSR count). The van der Waals surface area contributed by atoms with E-state index in [9.17, 15) is 18.5 Å². The average molecular weight is 374 g/mol. The third-order valence-electron chi connectivity index (χ3n) is 4.91. The Bertz CT molecular complexity index is 908. The molecule has 0 unspecified atom stereocenters. The lowest BCUT2D eigenvalue weighted by Gasteiger charge is -2.29. The van der Waals surface area contributed by atoms with E-state index in [1.165, 1.54) is 22.5 Å². The van der Waals surface area contributed by atoms with Gasteiger partial charge in [0.05, 0.1) is 9.82 Å². The molecule has 2 aromatic carbocycles. The molecule has 0 radical (unpaired) electrons. The molecule has 138 valence electrons. The fraction of sp³-hybridized carbons (Fsp3) is 0.368. The molecule has 1 fully saturated rings. The molecule has 0 saturated heterocycles. The molecule has 0 heterocycles. The maximum Gasteiger partial charge on any atom is 0.270 e. The van der Waals surface area contributed by atoms with Gasteiger partial charge < -0.3 is 0 Å². The number of nitro benzene ring substituents is 1. The molecule has 6 nitrogen and oxygen atoms in total. The smallest absolute Gasteiger partial charge is 0.258 e. The molecule has 0 bridgehead atoms. The lowest BCUT2D eigenvalue weighted by Crippen LogP contribution is -2.39. The summed E-state index contributed by atoms with van der Waals surface area (Å²) in [4.78, 5) is 10.5. The summed E-state index contributed by atoms with van der Waals surface area (Å²) in [6.07, 6.45) is 2.02. The number of aryl methyl sites for hydroxylation is 1. The van der Waals surface area contributed by atoms with Crippen LogP contribution in [0.4, 0.5) is 5.69 Å². The summed E-state index contributed by atoms with van der Waals surface area (Å²) in [5.74, 6) is 0.340. The molecule has 26 heavy (non-hydrogen) atoms. The molecule has 0 aliphatic heterocycles. The van der Waals surface area contributed by atoms with Gasteiger partial charge in [-0.2, -0.15) is 4.31 Å². The Hall–Kier alpha value is -2.25. The number of benzene rings is 2. The fourth-order valence-electron chi connectivity index (χ4n) is 3.13. The molecule has 1 aliphatic rings. The summed E-state index contributed by atoms with van der Waals surface area (Å²) in [5, 5.41) is 11.1. The zero-order valence-corrected chi connectivity index (χ0v) is 15.6. The second-order valence-corrected chi connectivity index (χ2v) is 8.68. The highest BCUT2D eigenvalue weighted by Crippen LogP contribution is 2.38. The Morgan fingerprint density at radius 2 is 1.85 bits per heavy atom. The predicted molar refractivity (Wildman–Crippen MR) is 99.2 cm³/mol. The van der Waals surface area contributed by atoms with E-state index in [1.807, 2.05) is 37.3 Å². The highest BCUT2D eigenvalue weighted by Gasteiger charge is 2.39. The molecule has 0 spiro atoms. The van der Waals surface area contributed by atoms with Crippen LogP contribution in [0.3, 0.4) is 0 Å². The van der Waals surface area contributed by atoms with Crippen LogP contribution >= 0.6 is 0 Å². The van der Waals surface area contributed by atoms with Gasteiger partial charge in [0.15, 0.2) is 0 Å². The number of hydrogen-bond donors (Lipinski definition) is 0. The number of nitrogens with zero attached hydrogens (tertiary/aromatic N) is 2. The number of nitro groups is 1. The van der Waals surface area contributed by atoms with Crippen LogP contribution in [0.15, 0.2) is 53.4 Å². The van der Waals surface area contributed by atoms with Gasteiger partial charge >= 0.3 is 0 Å². The van der Waals surface area contributed by atoms with E-state index in [-0.39, 0.29) is 23.2 Å². The van der Waals surface area contributed by atoms with Crippen molar-refractivity contribution in [2.75, 3.05) is 0 Å². The van der Waals surface area contributed by atoms with E-state index in [0.717, 1.165) is 18.4 Å². The standard InChI is InChI=1S/C19H22N2O4S/c1-14-8-11-18(21(22)23)12-19(14)26(24,25)20(15(2)17-9-10-17)13-16-6-4-3-5-7-16/h3-8,11-12,15,17H,9-10,13H2,1-2H3/t15-/m0/s1. The van der Waals surface area contributed by atoms with Gasteiger partial charge in [-0.3, -0.25) is 10.1 Å². The molecule has 1 aliphatic carbocycles. The molecular formula is C19H22N2O4S. The van der Waals surface area contributed by atoms with E-state index >= 15 is 0 Å². The highest BCUT2D eigenvalue weighted by molar-refractivity contribution is 7.89. The van der Waals surface area contributed by atoms with E-state index in [1.54, 1.807) is 6.92 Å². The highest BCUT2D eigenvalue weighted by atomic mass is 32.2. The van der Waals surface area contributed by atoms with Gasteiger partial charge in [0.2, 0.25) is 10.0 Å². The molecule has 1 saturated carbocycles. The van der Waals surface area contributed by atoms with E-state index in [0.29, 0.717) is 11.5 Å². The Labute approximate surface area is 153 Å². The van der Waals surface area contributed by atoms with Gasteiger partial charge in [-0.15, -0.1) is 0 Å². The van der Waals surface area contributed by atoms with E-state index in [4.69, 9.17) is 0 Å². The van der Waals surface area contributed by atoms with Crippen molar-refractivity contribution in [3.63, 3.8) is 0 Å². The number of sulfonamides is 1. The first-order chi connectivity index (χ1) is 12.3. The van der Waals surface area contributed by atoms with Crippen LogP contribution < -0.4 is 0 Å². The Morgan fingerprint density at radius 1 is 1.19 bits per heavy atom. The second kappa shape index (κ2) is 7.17. The summed E-state index contributed by atoms with van der Waals surface area (Å²) in [7, 11) is -3.86. The molecule has 0 amide bonds. The maximum absolute atomic E-state index is 13.4. The molecule has 0 N–H and O–H groups in total. The first-order valence-electron chi connectivity index (χ1n) is 8.61. The Morgan fingerprint density at radius 3 is 2.42 bits per heavy atom. The summed E-state index contributed by atoms with van der Waals surface area (Å²) in [6, 6.07) is 13.3. The largest absolute Gasteiger partial charge is 0.270 e. The number of rotatable bonds is 7. The van der Waals surface area contributed by atoms with Crippen LogP contribution in [-0.4, -0.2) is 23.7 Å². The molecular weight excluding hydrogens is 352 g/mol. The average Bonchev–Trinajstić information content (AvgIpc) is 3.45. The third-order valence-corrected chi connectivity index (χ3v) is 6.98. The number of non-ortho nitro benzene ring substituents is 1. The van der Waals surface area contributed by atoms with Crippen molar-refractivity contribution in [3.8, 4) is 0 Å². The fourth-order valence-corrected chi connectivity index (χ4v) is 5.06. The SMILES string of the molecule is Cc1ccc([N+](=O)[O-])cc1S(=O)(=O)N(Cc1ccccc1)[C@@H](C)C1CC1. The first kappa shape index (κ1) is 18.5. The van der Waals surface area contributed by atoms with Crippen LogP contribution in [0.1, 0.15) is 30.9 Å². The Kier molecular flexibility index (Phi) is 5.11. The molecule has 7 heteroatoms. The minimum Gasteiger partial charge on any atom is -0.258 e. The van der Waals surface area contributed by atoms with Gasteiger partial charge in [0.1, 0.15) is 0 Å². The normalized spacial score (nSPS) is 15.8. The topological polar surface area (TPSA) is 80.5 Å².